The molecule has 1 aromatic carbocycles. The number of piperidine rings is 1. The van der Waals surface area contributed by atoms with E-state index in [1.54, 1.807) is 0 Å². The third-order valence-corrected chi connectivity index (χ3v) is 5.73. The standard InChI is InChI=1S/C23H37N3O2/c1-16(2)21(24-20(27)14-25(6)7)22(28)26-13-12-19(23(4,5)15-26)18-10-8-17(3)9-11-18/h8-11,16,19,21H,12-15H2,1-7H3,(H,24,27)/t19-,21-/m1/s1. The number of hydrogen-bond donors (Lipinski definition) is 1. The summed E-state index contributed by atoms with van der Waals surface area (Å²) in [6.07, 6.45) is 0.943. The molecule has 0 aromatic heterocycles. The summed E-state index contributed by atoms with van der Waals surface area (Å²) >= 11 is 0. The number of carbonyl (C=O) groups excluding carboxylic acids is 2. The van der Waals surface area contributed by atoms with E-state index in [9.17, 15) is 9.59 Å². The van der Waals surface area contributed by atoms with E-state index in [1.165, 1.54) is 11.1 Å². The predicted molar refractivity (Wildman–Crippen MR) is 114 cm³/mol. The predicted octanol–water partition coefficient (Wildman–Crippen LogP) is 3.04. The number of nitrogens with one attached hydrogen (secondary N) is 1. The SMILES string of the molecule is Cc1ccc([C@H]2CCN(C(=O)[C@H](NC(=O)CN(C)C)C(C)C)CC2(C)C)cc1. The first-order chi connectivity index (χ1) is 13.0. The Balaban J connectivity index is 2.10. The second kappa shape index (κ2) is 9.08. The van der Waals surface area contributed by atoms with Gasteiger partial charge in [-0.05, 0) is 50.3 Å². The molecule has 1 aromatic rings. The van der Waals surface area contributed by atoms with Crippen molar-refractivity contribution in [3.05, 3.63) is 35.4 Å². The van der Waals surface area contributed by atoms with Crippen molar-refractivity contribution in [2.75, 3.05) is 33.7 Å². The number of benzene rings is 1. The van der Waals surface area contributed by atoms with E-state index in [0.717, 1.165) is 13.0 Å². The van der Waals surface area contributed by atoms with Crippen molar-refractivity contribution in [2.24, 2.45) is 11.3 Å². The summed E-state index contributed by atoms with van der Waals surface area (Å²) in [5.41, 5.74) is 2.60. The summed E-state index contributed by atoms with van der Waals surface area (Å²) in [5.74, 6) is 0.415. The van der Waals surface area contributed by atoms with Gasteiger partial charge in [0, 0.05) is 13.1 Å². The Morgan fingerprint density at radius 2 is 1.82 bits per heavy atom. The summed E-state index contributed by atoms with van der Waals surface area (Å²) in [5, 5.41) is 2.95. The molecule has 0 radical (unpaired) electrons. The fourth-order valence-corrected chi connectivity index (χ4v) is 4.18. The largest absolute Gasteiger partial charge is 0.343 e. The van der Waals surface area contributed by atoms with Crippen LogP contribution in [0.25, 0.3) is 0 Å². The van der Waals surface area contributed by atoms with Gasteiger partial charge in [-0.25, -0.2) is 0 Å². The Hall–Kier alpha value is -1.88. The zero-order valence-corrected chi connectivity index (χ0v) is 18.6. The van der Waals surface area contributed by atoms with Crippen LogP contribution in [0.5, 0.6) is 0 Å². The number of rotatable bonds is 6. The molecule has 1 heterocycles. The fourth-order valence-electron chi connectivity index (χ4n) is 4.18. The summed E-state index contributed by atoms with van der Waals surface area (Å²) in [7, 11) is 3.70. The minimum Gasteiger partial charge on any atom is -0.343 e. The molecular formula is C23H37N3O2. The molecule has 1 fully saturated rings. The smallest absolute Gasteiger partial charge is 0.245 e. The van der Waals surface area contributed by atoms with Crippen LogP contribution in [-0.2, 0) is 9.59 Å². The van der Waals surface area contributed by atoms with Crippen LogP contribution in [0.15, 0.2) is 24.3 Å². The van der Waals surface area contributed by atoms with Crippen LogP contribution in [0, 0.1) is 18.3 Å². The highest BCUT2D eigenvalue weighted by Gasteiger charge is 2.40. The molecule has 0 saturated carbocycles. The van der Waals surface area contributed by atoms with Crippen LogP contribution in [-0.4, -0.2) is 61.4 Å². The van der Waals surface area contributed by atoms with E-state index < -0.39 is 6.04 Å². The number of hydrogen-bond acceptors (Lipinski definition) is 3. The molecule has 0 spiro atoms. The van der Waals surface area contributed by atoms with Gasteiger partial charge in [-0.3, -0.25) is 9.59 Å². The average molecular weight is 388 g/mol. The van der Waals surface area contributed by atoms with E-state index in [-0.39, 0.29) is 29.7 Å². The third-order valence-electron chi connectivity index (χ3n) is 5.73. The van der Waals surface area contributed by atoms with E-state index in [4.69, 9.17) is 0 Å². The first-order valence-electron chi connectivity index (χ1n) is 10.3. The van der Waals surface area contributed by atoms with Crippen molar-refractivity contribution < 1.29 is 9.59 Å². The number of aryl methyl sites for hydroxylation is 1. The molecule has 2 amide bonds. The van der Waals surface area contributed by atoms with E-state index in [0.29, 0.717) is 12.5 Å². The van der Waals surface area contributed by atoms with E-state index in [2.05, 4.69) is 50.4 Å². The maximum Gasteiger partial charge on any atom is 0.245 e. The summed E-state index contributed by atoms with van der Waals surface area (Å²) in [6.45, 7) is 12.3. The molecule has 1 aliphatic rings. The maximum absolute atomic E-state index is 13.2. The molecule has 0 unspecified atom stereocenters. The van der Waals surface area contributed by atoms with Crippen LogP contribution >= 0.6 is 0 Å². The van der Waals surface area contributed by atoms with Gasteiger partial charge in [-0.2, -0.15) is 0 Å². The average Bonchev–Trinajstić information content (AvgIpc) is 2.58. The summed E-state index contributed by atoms with van der Waals surface area (Å²) in [6, 6.07) is 8.30. The number of nitrogens with zero attached hydrogens (tertiary/aromatic N) is 2. The van der Waals surface area contributed by atoms with Crippen LogP contribution in [0.4, 0.5) is 0 Å². The number of likely N-dealkylation sites (tertiary alicyclic amines) is 1. The minimum atomic E-state index is -0.473. The number of amides is 2. The normalized spacial score (nSPS) is 20.3. The molecule has 2 rings (SSSR count). The Morgan fingerprint density at radius 3 is 2.32 bits per heavy atom. The lowest BCUT2D eigenvalue weighted by molar-refractivity contribution is -0.140. The first kappa shape index (κ1) is 22.4. The van der Waals surface area contributed by atoms with E-state index in [1.807, 2.05) is 37.7 Å². The Morgan fingerprint density at radius 1 is 1.21 bits per heavy atom. The van der Waals surface area contributed by atoms with Crippen molar-refractivity contribution in [2.45, 2.75) is 53.0 Å². The topological polar surface area (TPSA) is 52.7 Å². The van der Waals surface area contributed by atoms with Crippen LogP contribution < -0.4 is 5.32 Å². The third kappa shape index (κ3) is 5.57. The molecule has 0 aliphatic carbocycles. The lowest BCUT2D eigenvalue weighted by Crippen LogP contribution is -2.56. The maximum atomic E-state index is 13.2. The van der Waals surface area contributed by atoms with Crippen LogP contribution in [0.3, 0.4) is 0 Å². The summed E-state index contributed by atoms with van der Waals surface area (Å²) in [4.78, 5) is 29.2. The summed E-state index contributed by atoms with van der Waals surface area (Å²) < 4.78 is 0. The highest BCUT2D eigenvalue weighted by atomic mass is 16.2. The molecule has 1 saturated heterocycles. The first-order valence-corrected chi connectivity index (χ1v) is 10.3. The van der Waals surface area contributed by atoms with Crippen molar-refractivity contribution in [1.82, 2.24) is 15.1 Å². The monoisotopic (exact) mass is 387 g/mol. The molecule has 1 N–H and O–H groups in total. The second-order valence-corrected chi connectivity index (χ2v) is 9.53. The van der Waals surface area contributed by atoms with Crippen molar-refractivity contribution in [1.29, 1.82) is 0 Å². The van der Waals surface area contributed by atoms with Crippen LogP contribution in [0.1, 0.15) is 51.2 Å². The quantitative estimate of drug-likeness (QED) is 0.816. The zero-order chi connectivity index (χ0) is 21.1. The molecule has 156 valence electrons. The van der Waals surface area contributed by atoms with Gasteiger partial charge in [-0.15, -0.1) is 0 Å². The molecule has 0 bridgehead atoms. The lowest BCUT2D eigenvalue weighted by Gasteiger charge is -2.45. The van der Waals surface area contributed by atoms with Crippen molar-refractivity contribution >= 4 is 11.8 Å². The van der Waals surface area contributed by atoms with Gasteiger partial charge in [0.15, 0.2) is 0 Å². The van der Waals surface area contributed by atoms with Gasteiger partial charge in [0.05, 0.1) is 6.54 Å². The van der Waals surface area contributed by atoms with Gasteiger partial charge in [0.2, 0.25) is 11.8 Å². The van der Waals surface area contributed by atoms with Crippen LogP contribution in [0.2, 0.25) is 0 Å². The molecule has 5 nitrogen and oxygen atoms in total. The van der Waals surface area contributed by atoms with Crippen molar-refractivity contribution in [3.8, 4) is 0 Å². The van der Waals surface area contributed by atoms with Gasteiger partial charge in [0.1, 0.15) is 6.04 Å². The van der Waals surface area contributed by atoms with Gasteiger partial charge >= 0.3 is 0 Å². The van der Waals surface area contributed by atoms with Crippen molar-refractivity contribution in [3.63, 3.8) is 0 Å². The lowest BCUT2D eigenvalue weighted by atomic mass is 9.70. The minimum absolute atomic E-state index is 0.0155. The molecule has 2 atom stereocenters. The Kier molecular flexibility index (Phi) is 7.27. The van der Waals surface area contributed by atoms with Gasteiger partial charge < -0.3 is 15.1 Å². The van der Waals surface area contributed by atoms with Gasteiger partial charge in [-0.1, -0.05) is 57.5 Å². The second-order valence-electron chi connectivity index (χ2n) is 9.53. The van der Waals surface area contributed by atoms with Gasteiger partial charge in [0.25, 0.3) is 0 Å². The number of likely N-dealkylation sites (N-methyl/N-ethyl adjacent to an activating group) is 1. The highest BCUT2D eigenvalue weighted by molar-refractivity contribution is 5.88. The molecular weight excluding hydrogens is 350 g/mol. The zero-order valence-electron chi connectivity index (χ0n) is 18.6. The fraction of sp³-hybridized carbons (Fsp3) is 0.652. The Labute approximate surface area is 170 Å². The highest BCUT2D eigenvalue weighted by Crippen LogP contribution is 2.42. The number of carbonyl (C=O) groups is 2. The Bertz CT molecular complexity index is 680. The molecule has 1 aliphatic heterocycles. The molecule has 5 heteroatoms. The molecule has 28 heavy (non-hydrogen) atoms. The van der Waals surface area contributed by atoms with E-state index >= 15 is 0 Å².